The number of hydrogen-bond donors (Lipinski definition) is 1. The number of benzene rings is 1. The molecule has 0 unspecified atom stereocenters. The first kappa shape index (κ1) is 5.78. The maximum absolute atomic E-state index is 7.63. The molecule has 0 atom stereocenters. The lowest BCUT2D eigenvalue weighted by atomic mass is 10.2. The Balaban J connectivity index is 2.29. The molecule has 0 radical (unpaired) electrons. The van der Waals surface area contributed by atoms with Gasteiger partial charge in [-0.3, -0.25) is 0 Å². The van der Waals surface area contributed by atoms with Gasteiger partial charge in [-0.2, -0.15) is 0 Å². The highest BCUT2D eigenvalue weighted by Crippen LogP contribution is 1.96. The van der Waals surface area contributed by atoms with Crippen LogP contribution < -0.4 is 5.32 Å². The van der Waals surface area contributed by atoms with Crippen LogP contribution in [0.25, 0.3) is 0 Å². The normalized spacial score (nSPS) is 16.1. The van der Waals surface area contributed by atoms with Crippen molar-refractivity contribution in [2.24, 2.45) is 0 Å². The van der Waals surface area contributed by atoms with Gasteiger partial charge in [0.05, 0.1) is 6.61 Å². The fraction of sp³-hybridized carbons (Fsp3) is 0.455. The minimum absolute atomic E-state index is 0.0769. The van der Waals surface area contributed by atoms with Crippen LogP contribution in [-0.4, -0.2) is 19.7 Å². The molecule has 0 aromatic heterocycles. The highest BCUT2D eigenvalue weighted by Gasteiger charge is 1.89. The topological polar surface area (TPSA) is 21.3 Å². The zero-order valence-corrected chi connectivity index (χ0v) is 7.49. The third-order valence-corrected chi connectivity index (χ3v) is 1.55. The molecule has 0 bridgehead atoms. The maximum atomic E-state index is 7.63. The van der Waals surface area contributed by atoms with Gasteiger partial charge in [0.25, 0.3) is 0 Å². The molecule has 0 amide bonds. The summed E-state index contributed by atoms with van der Waals surface area (Å²) in [5, 5.41) is 2.73. The zero-order chi connectivity index (χ0) is 12.7. The van der Waals surface area contributed by atoms with Gasteiger partial charge in [-0.05, 0) is 12.4 Å². The molecule has 0 aliphatic carbocycles. The molecule has 2 heteroatoms. The third-order valence-electron chi connectivity index (χ3n) is 1.55. The zero-order valence-electron chi connectivity index (χ0n) is 11.5. The molecule has 0 saturated heterocycles. The minimum Gasteiger partial charge on any atom is -0.380 e. The molecular formula is C11H17NO. The van der Waals surface area contributed by atoms with Crippen molar-refractivity contribution in [2.45, 2.75) is 13.4 Å². The summed E-state index contributed by atoms with van der Waals surface area (Å²) in [6.45, 7) is -2.53. The van der Waals surface area contributed by atoms with E-state index in [0.717, 1.165) is 5.56 Å². The van der Waals surface area contributed by atoms with Gasteiger partial charge in [0, 0.05) is 25.1 Å². The molecule has 1 rings (SSSR count). The summed E-state index contributed by atoms with van der Waals surface area (Å²) in [6.07, 6.45) is 0. The van der Waals surface area contributed by atoms with Crippen LogP contribution in [0.15, 0.2) is 30.3 Å². The Morgan fingerprint density at radius 2 is 2.31 bits per heavy atom. The van der Waals surface area contributed by atoms with Gasteiger partial charge in [0.2, 0.25) is 0 Å². The van der Waals surface area contributed by atoms with Crippen molar-refractivity contribution in [3.05, 3.63) is 35.9 Å². The molecule has 1 N–H and O–H groups in total. The van der Waals surface area contributed by atoms with E-state index in [-0.39, 0.29) is 13.2 Å². The average molecular weight is 183 g/mol. The first-order chi connectivity index (χ1) is 7.99. The van der Waals surface area contributed by atoms with Gasteiger partial charge in [-0.25, -0.2) is 0 Å². The van der Waals surface area contributed by atoms with E-state index in [9.17, 15) is 0 Å². The Hall–Kier alpha value is -0.860. The first-order valence-corrected chi connectivity index (χ1v) is 4.21. The van der Waals surface area contributed by atoms with Crippen molar-refractivity contribution in [3.63, 3.8) is 0 Å². The van der Waals surface area contributed by atoms with E-state index in [1.54, 1.807) is 0 Å². The van der Waals surface area contributed by atoms with Crippen molar-refractivity contribution in [1.82, 2.24) is 5.32 Å². The second kappa shape index (κ2) is 6.63. The number of hydrogen-bond acceptors (Lipinski definition) is 2. The molecule has 0 aliphatic rings. The highest BCUT2D eigenvalue weighted by atomic mass is 16.5. The van der Waals surface area contributed by atoms with Crippen LogP contribution in [0.1, 0.15) is 17.9 Å². The van der Waals surface area contributed by atoms with Gasteiger partial charge in [-0.15, -0.1) is 0 Å². The highest BCUT2D eigenvalue weighted by molar-refractivity contribution is 5.14. The smallest absolute Gasteiger partial charge is 0.0590 e. The predicted octanol–water partition coefficient (Wildman–Crippen LogP) is 1.81. The Kier molecular flexibility index (Phi) is 2.95. The number of nitrogens with one attached hydrogen (secondary N) is 1. The van der Waals surface area contributed by atoms with Crippen LogP contribution in [0, 0.1) is 0 Å². The SMILES string of the molecule is [2H]C([2H])COCC([2H])([2H])NCc1ccccc1. The maximum Gasteiger partial charge on any atom is 0.0590 e. The van der Waals surface area contributed by atoms with Crippen LogP contribution in [0.4, 0.5) is 0 Å². The van der Waals surface area contributed by atoms with Gasteiger partial charge in [0.15, 0.2) is 0 Å². The first-order valence-electron chi connectivity index (χ1n) is 6.36. The van der Waals surface area contributed by atoms with Crippen LogP contribution >= 0.6 is 0 Å². The molecule has 0 fully saturated rings. The van der Waals surface area contributed by atoms with Gasteiger partial charge in [0.1, 0.15) is 0 Å². The third kappa shape index (κ3) is 4.65. The summed E-state index contributed by atoms with van der Waals surface area (Å²) in [7, 11) is 0. The van der Waals surface area contributed by atoms with Crippen molar-refractivity contribution in [3.8, 4) is 0 Å². The Bertz CT molecular complexity index is 319. The summed E-state index contributed by atoms with van der Waals surface area (Å²) in [6, 6.07) is 9.52. The van der Waals surface area contributed by atoms with Gasteiger partial charge >= 0.3 is 0 Å². The molecule has 13 heavy (non-hydrogen) atoms. The molecule has 1 aromatic carbocycles. The summed E-state index contributed by atoms with van der Waals surface area (Å²) in [4.78, 5) is 0. The Morgan fingerprint density at radius 3 is 3.08 bits per heavy atom. The van der Waals surface area contributed by atoms with E-state index < -0.39 is 13.4 Å². The van der Waals surface area contributed by atoms with Crippen molar-refractivity contribution in [2.75, 3.05) is 19.7 Å². The molecular weight excluding hydrogens is 162 g/mol. The van der Waals surface area contributed by atoms with E-state index in [2.05, 4.69) is 5.32 Å². The average Bonchev–Trinajstić information content (AvgIpc) is 2.27. The van der Waals surface area contributed by atoms with E-state index in [4.69, 9.17) is 10.2 Å². The monoisotopic (exact) mass is 183 g/mol. The summed E-state index contributed by atoms with van der Waals surface area (Å²) in [5.41, 5.74) is 0.996. The molecule has 72 valence electrons. The van der Waals surface area contributed by atoms with E-state index in [1.165, 1.54) is 0 Å². The molecule has 1 aromatic rings. The summed E-state index contributed by atoms with van der Waals surface area (Å²) < 4.78 is 34.0. The molecule has 0 spiro atoms. The minimum atomic E-state index is -1.65. The van der Waals surface area contributed by atoms with Crippen LogP contribution in [-0.2, 0) is 11.3 Å². The Morgan fingerprint density at radius 1 is 1.46 bits per heavy atom. The second-order valence-electron chi connectivity index (χ2n) is 2.53. The fourth-order valence-electron chi connectivity index (χ4n) is 0.921. The van der Waals surface area contributed by atoms with E-state index >= 15 is 0 Å². The number of rotatable bonds is 6. The molecule has 2 nitrogen and oxygen atoms in total. The van der Waals surface area contributed by atoms with Crippen LogP contribution in [0.3, 0.4) is 0 Å². The van der Waals surface area contributed by atoms with E-state index in [0.29, 0.717) is 6.54 Å². The summed E-state index contributed by atoms with van der Waals surface area (Å²) in [5.74, 6) is 0. The lowest BCUT2D eigenvalue weighted by molar-refractivity contribution is 0.149. The van der Waals surface area contributed by atoms with Crippen LogP contribution in [0.5, 0.6) is 0 Å². The molecule has 0 aliphatic heterocycles. The predicted molar refractivity (Wildman–Crippen MR) is 54.6 cm³/mol. The standard InChI is InChI=1S/C11H17NO/c1-2-13-9-8-12-10-11-6-4-3-5-7-11/h3-7,12H,2,8-10H2,1H3/i1D2,8D2. The Labute approximate surface area is 85.5 Å². The lowest BCUT2D eigenvalue weighted by Crippen LogP contribution is -2.19. The van der Waals surface area contributed by atoms with E-state index in [1.807, 2.05) is 30.3 Å². The van der Waals surface area contributed by atoms with Crippen LogP contribution in [0.2, 0.25) is 0 Å². The van der Waals surface area contributed by atoms with Crippen molar-refractivity contribution < 1.29 is 10.2 Å². The lowest BCUT2D eigenvalue weighted by Gasteiger charge is -2.04. The van der Waals surface area contributed by atoms with Gasteiger partial charge < -0.3 is 10.1 Å². The van der Waals surface area contributed by atoms with Crippen molar-refractivity contribution >= 4 is 0 Å². The summed E-state index contributed by atoms with van der Waals surface area (Å²) >= 11 is 0. The largest absolute Gasteiger partial charge is 0.380 e. The number of ether oxygens (including phenoxy) is 1. The van der Waals surface area contributed by atoms with Gasteiger partial charge in [-0.1, -0.05) is 30.3 Å². The quantitative estimate of drug-likeness (QED) is 0.726. The fourth-order valence-corrected chi connectivity index (χ4v) is 0.921. The van der Waals surface area contributed by atoms with Crippen molar-refractivity contribution in [1.29, 1.82) is 0 Å². The second-order valence-corrected chi connectivity index (χ2v) is 2.53. The molecule has 0 saturated carbocycles. The molecule has 0 heterocycles.